The number of carbonyl (C=O) groups excluding carboxylic acids is 2. The fourth-order valence-corrected chi connectivity index (χ4v) is 2.93. The molecule has 1 heterocycles. The van der Waals surface area contributed by atoms with Gasteiger partial charge in [-0.25, -0.2) is 0 Å². The number of amides is 2. The fraction of sp³-hybridized carbons (Fsp3) is 0.100. The Kier molecular flexibility index (Phi) is 5.66. The minimum absolute atomic E-state index is 0.115. The molecule has 3 aromatic rings. The van der Waals surface area contributed by atoms with Gasteiger partial charge in [0.25, 0.3) is 11.8 Å². The van der Waals surface area contributed by atoms with Crippen LogP contribution in [0.15, 0.2) is 66.0 Å². The SMILES string of the molecule is Cc1ccc(NC(=O)COc2ccccc2)c(NC(=O)c2cccs2)c1. The molecule has 0 bridgehead atoms. The zero-order valence-corrected chi connectivity index (χ0v) is 15.0. The second kappa shape index (κ2) is 8.31. The van der Waals surface area contributed by atoms with Crippen LogP contribution in [0.3, 0.4) is 0 Å². The number of ether oxygens (including phenoxy) is 1. The second-order valence-electron chi connectivity index (χ2n) is 5.63. The van der Waals surface area contributed by atoms with E-state index < -0.39 is 0 Å². The van der Waals surface area contributed by atoms with E-state index in [1.807, 2.05) is 48.7 Å². The van der Waals surface area contributed by atoms with Gasteiger partial charge in [0, 0.05) is 0 Å². The van der Waals surface area contributed by atoms with E-state index in [4.69, 9.17) is 4.74 Å². The van der Waals surface area contributed by atoms with Crippen molar-refractivity contribution in [3.05, 3.63) is 76.5 Å². The molecule has 0 unspecified atom stereocenters. The van der Waals surface area contributed by atoms with Gasteiger partial charge in [-0.3, -0.25) is 9.59 Å². The molecule has 0 aliphatic carbocycles. The molecule has 2 amide bonds. The number of benzene rings is 2. The molecule has 6 heteroatoms. The summed E-state index contributed by atoms with van der Waals surface area (Å²) in [7, 11) is 0. The average Bonchev–Trinajstić information content (AvgIpc) is 3.18. The smallest absolute Gasteiger partial charge is 0.265 e. The maximum atomic E-state index is 12.3. The molecule has 0 spiro atoms. The Labute approximate surface area is 155 Å². The molecule has 2 N–H and O–H groups in total. The first-order chi connectivity index (χ1) is 12.6. The number of rotatable bonds is 6. The topological polar surface area (TPSA) is 67.4 Å². The molecule has 3 rings (SSSR count). The number of thiophene rings is 1. The summed E-state index contributed by atoms with van der Waals surface area (Å²) in [4.78, 5) is 25.1. The molecule has 0 saturated carbocycles. The zero-order chi connectivity index (χ0) is 18.4. The van der Waals surface area contributed by atoms with Crippen LogP contribution in [0.4, 0.5) is 11.4 Å². The Hall–Kier alpha value is -3.12. The molecular weight excluding hydrogens is 348 g/mol. The molecule has 0 aliphatic heterocycles. The van der Waals surface area contributed by atoms with E-state index in [1.165, 1.54) is 11.3 Å². The van der Waals surface area contributed by atoms with Gasteiger partial charge in [-0.15, -0.1) is 11.3 Å². The number of para-hydroxylation sites is 1. The number of carbonyl (C=O) groups is 2. The van der Waals surface area contributed by atoms with Crippen LogP contribution in [0.2, 0.25) is 0 Å². The van der Waals surface area contributed by atoms with Crippen molar-refractivity contribution in [2.45, 2.75) is 6.92 Å². The Bertz CT molecular complexity index is 893. The molecule has 0 aliphatic rings. The summed E-state index contributed by atoms with van der Waals surface area (Å²) in [6.45, 7) is 1.81. The first kappa shape index (κ1) is 17.7. The van der Waals surface area contributed by atoms with Gasteiger partial charge < -0.3 is 15.4 Å². The zero-order valence-electron chi connectivity index (χ0n) is 14.2. The van der Waals surface area contributed by atoms with Crippen molar-refractivity contribution in [1.29, 1.82) is 0 Å². The molecule has 2 aromatic carbocycles. The Morgan fingerprint density at radius 3 is 2.50 bits per heavy atom. The van der Waals surface area contributed by atoms with Gasteiger partial charge in [0.1, 0.15) is 5.75 Å². The highest BCUT2D eigenvalue weighted by atomic mass is 32.1. The first-order valence-corrected chi connectivity index (χ1v) is 8.93. The predicted molar refractivity (Wildman–Crippen MR) is 104 cm³/mol. The van der Waals surface area contributed by atoms with E-state index in [0.29, 0.717) is 22.0 Å². The number of hydrogen-bond donors (Lipinski definition) is 2. The van der Waals surface area contributed by atoms with Crippen LogP contribution < -0.4 is 15.4 Å². The average molecular weight is 366 g/mol. The third-order valence-corrected chi connectivity index (χ3v) is 4.42. The molecule has 0 radical (unpaired) electrons. The Balaban J connectivity index is 1.67. The van der Waals surface area contributed by atoms with E-state index in [0.717, 1.165) is 5.56 Å². The van der Waals surface area contributed by atoms with Crippen LogP contribution in [-0.2, 0) is 4.79 Å². The fourth-order valence-electron chi connectivity index (χ4n) is 2.31. The van der Waals surface area contributed by atoms with Crippen molar-refractivity contribution >= 4 is 34.5 Å². The third-order valence-electron chi connectivity index (χ3n) is 3.56. The number of aryl methyl sites for hydroxylation is 1. The Morgan fingerprint density at radius 1 is 0.962 bits per heavy atom. The Morgan fingerprint density at radius 2 is 1.77 bits per heavy atom. The normalized spacial score (nSPS) is 10.2. The number of anilines is 2. The van der Waals surface area contributed by atoms with Crippen LogP contribution in [0.25, 0.3) is 0 Å². The predicted octanol–water partition coefficient (Wildman–Crippen LogP) is 4.33. The van der Waals surface area contributed by atoms with E-state index >= 15 is 0 Å². The van der Waals surface area contributed by atoms with Gasteiger partial charge in [0.2, 0.25) is 0 Å². The summed E-state index contributed by atoms with van der Waals surface area (Å²) in [5.74, 6) is 0.115. The van der Waals surface area contributed by atoms with E-state index in [1.54, 1.807) is 24.3 Å². The first-order valence-electron chi connectivity index (χ1n) is 8.05. The summed E-state index contributed by atoms with van der Waals surface area (Å²) < 4.78 is 5.45. The lowest BCUT2D eigenvalue weighted by molar-refractivity contribution is -0.118. The second-order valence-corrected chi connectivity index (χ2v) is 6.58. The van der Waals surface area contributed by atoms with Gasteiger partial charge in [0.05, 0.1) is 16.3 Å². The van der Waals surface area contributed by atoms with E-state index in [9.17, 15) is 9.59 Å². The molecule has 1 aromatic heterocycles. The van der Waals surface area contributed by atoms with Crippen LogP contribution >= 0.6 is 11.3 Å². The molecule has 0 saturated heterocycles. The summed E-state index contributed by atoms with van der Waals surface area (Å²) >= 11 is 1.36. The highest BCUT2D eigenvalue weighted by Crippen LogP contribution is 2.24. The van der Waals surface area contributed by atoms with Crippen molar-refractivity contribution in [1.82, 2.24) is 0 Å². The van der Waals surface area contributed by atoms with Crippen LogP contribution in [-0.4, -0.2) is 18.4 Å². The molecule has 0 fully saturated rings. The van der Waals surface area contributed by atoms with Crippen molar-refractivity contribution in [2.75, 3.05) is 17.2 Å². The lowest BCUT2D eigenvalue weighted by atomic mass is 10.2. The van der Waals surface area contributed by atoms with Crippen molar-refractivity contribution in [3.8, 4) is 5.75 Å². The molecule has 0 atom stereocenters. The van der Waals surface area contributed by atoms with Crippen LogP contribution in [0.5, 0.6) is 5.75 Å². The van der Waals surface area contributed by atoms with Crippen LogP contribution in [0.1, 0.15) is 15.2 Å². The highest BCUT2D eigenvalue weighted by Gasteiger charge is 2.12. The summed E-state index contributed by atoms with van der Waals surface area (Å²) in [5, 5.41) is 7.47. The van der Waals surface area contributed by atoms with Crippen molar-refractivity contribution < 1.29 is 14.3 Å². The van der Waals surface area contributed by atoms with Gasteiger partial charge in [-0.05, 0) is 48.2 Å². The standard InChI is InChI=1S/C20H18N2O3S/c1-14-9-10-16(17(12-14)22-20(24)18-8-5-11-26-18)21-19(23)13-25-15-6-3-2-4-7-15/h2-12H,13H2,1H3,(H,21,23)(H,22,24). The molecule has 26 heavy (non-hydrogen) atoms. The lowest BCUT2D eigenvalue weighted by Crippen LogP contribution is -2.21. The summed E-state index contributed by atoms with van der Waals surface area (Å²) in [5.41, 5.74) is 2.06. The lowest BCUT2D eigenvalue weighted by Gasteiger charge is -2.13. The molecule has 5 nitrogen and oxygen atoms in total. The largest absolute Gasteiger partial charge is 0.484 e. The number of hydrogen-bond acceptors (Lipinski definition) is 4. The van der Waals surface area contributed by atoms with Gasteiger partial charge in [-0.1, -0.05) is 30.3 Å². The van der Waals surface area contributed by atoms with Crippen molar-refractivity contribution in [2.24, 2.45) is 0 Å². The minimum atomic E-state index is -0.302. The monoisotopic (exact) mass is 366 g/mol. The van der Waals surface area contributed by atoms with E-state index in [-0.39, 0.29) is 18.4 Å². The van der Waals surface area contributed by atoms with Gasteiger partial charge in [-0.2, -0.15) is 0 Å². The number of nitrogens with one attached hydrogen (secondary N) is 2. The highest BCUT2D eigenvalue weighted by molar-refractivity contribution is 7.12. The van der Waals surface area contributed by atoms with Gasteiger partial charge in [0.15, 0.2) is 6.61 Å². The molecule has 132 valence electrons. The summed E-state index contributed by atoms with van der Waals surface area (Å²) in [6, 6.07) is 18.1. The third kappa shape index (κ3) is 4.70. The maximum absolute atomic E-state index is 12.3. The quantitative estimate of drug-likeness (QED) is 0.682. The molecular formula is C20H18N2O3S. The summed E-state index contributed by atoms with van der Waals surface area (Å²) in [6.07, 6.45) is 0. The maximum Gasteiger partial charge on any atom is 0.265 e. The van der Waals surface area contributed by atoms with Crippen LogP contribution in [0, 0.1) is 6.92 Å². The van der Waals surface area contributed by atoms with Crippen molar-refractivity contribution in [3.63, 3.8) is 0 Å². The van der Waals surface area contributed by atoms with E-state index in [2.05, 4.69) is 10.6 Å². The minimum Gasteiger partial charge on any atom is -0.484 e. The van der Waals surface area contributed by atoms with Gasteiger partial charge >= 0.3 is 0 Å².